The van der Waals surface area contributed by atoms with Crippen LogP contribution in [0.1, 0.15) is 6.42 Å². The molecule has 0 amide bonds. The van der Waals surface area contributed by atoms with Crippen molar-refractivity contribution in [2.24, 2.45) is 0 Å². The van der Waals surface area contributed by atoms with Gasteiger partial charge in [-0.15, -0.1) is 0 Å². The topological polar surface area (TPSA) is 9.23 Å². The molecular weight excluding hydrogens is 64.0 g/mol. The lowest BCUT2D eigenvalue weighted by Gasteiger charge is -1.90. The van der Waals surface area contributed by atoms with Gasteiger partial charge < -0.3 is 11.7 Å². The third-order valence-electron chi connectivity index (χ3n) is 0.348. The molecule has 0 radical (unpaired) electrons. The van der Waals surface area contributed by atoms with Crippen molar-refractivity contribution in [1.82, 2.24) is 0 Å². The monoisotopic (exact) mass is 73.1 g/mol. The van der Waals surface area contributed by atoms with Crippen molar-refractivity contribution in [3.63, 3.8) is 0 Å². The number of methoxy groups -OCH3 is 1. The molecule has 0 aliphatic rings. The van der Waals surface area contributed by atoms with E-state index < -0.39 is 0 Å². The molecule has 0 aromatic carbocycles. The van der Waals surface area contributed by atoms with Crippen molar-refractivity contribution in [2.45, 2.75) is 6.42 Å². The first-order chi connectivity index (χ1) is 2.41. The highest BCUT2D eigenvalue weighted by molar-refractivity contribution is 4.31. The molecule has 0 spiro atoms. The normalized spacial score (nSPS) is 8.40. The van der Waals surface area contributed by atoms with E-state index in [1.807, 2.05) is 0 Å². The summed E-state index contributed by atoms with van der Waals surface area (Å²) in [4.78, 5) is 0. The van der Waals surface area contributed by atoms with E-state index in [0.717, 1.165) is 13.0 Å². The van der Waals surface area contributed by atoms with Crippen molar-refractivity contribution in [1.29, 1.82) is 0 Å². The third kappa shape index (κ3) is 3.96. The third-order valence-corrected chi connectivity index (χ3v) is 0.348. The van der Waals surface area contributed by atoms with Crippen LogP contribution in [0.15, 0.2) is 0 Å². The molecule has 1 nitrogen and oxygen atoms in total. The van der Waals surface area contributed by atoms with E-state index in [2.05, 4.69) is 11.7 Å². The Morgan fingerprint density at radius 3 is 2.40 bits per heavy atom. The second kappa shape index (κ2) is 3.96. The van der Waals surface area contributed by atoms with Gasteiger partial charge in [0.05, 0.1) is 0 Å². The van der Waals surface area contributed by atoms with E-state index in [9.17, 15) is 0 Å². The predicted octanol–water partition coefficient (Wildman–Crippen LogP) is 0.857. The molecule has 0 rings (SSSR count). The van der Waals surface area contributed by atoms with Crippen LogP contribution in [0.2, 0.25) is 0 Å². The lowest BCUT2D eigenvalue weighted by Crippen LogP contribution is -1.81. The Kier molecular flexibility index (Phi) is 3.93. The molecule has 0 N–H and O–H groups in total. The van der Waals surface area contributed by atoms with Crippen molar-refractivity contribution < 1.29 is 4.74 Å². The largest absolute Gasteiger partial charge is 0.387 e. The Hall–Kier alpha value is -0.0400. The van der Waals surface area contributed by atoms with Crippen LogP contribution in [0, 0.1) is 6.92 Å². The van der Waals surface area contributed by atoms with Crippen molar-refractivity contribution in [3.8, 4) is 0 Å². The van der Waals surface area contributed by atoms with E-state index in [1.54, 1.807) is 7.11 Å². The van der Waals surface area contributed by atoms with Gasteiger partial charge in [-0.25, -0.2) is 0 Å². The highest BCUT2D eigenvalue weighted by Crippen LogP contribution is 1.69. The fourth-order valence-electron chi connectivity index (χ4n) is 0.144. The Morgan fingerprint density at radius 2 is 2.40 bits per heavy atom. The number of rotatable bonds is 2. The minimum absolute atomic E-state index is 0.778. The fourth-order valence-corrected chi connectivity index (χ4v) is 0.144. The van der Waals surface area contributed by atoms with Gasteiger partial charge in [0, 0.05) is 13.7 Å². The summed E-state index contributed by atoms with van der Waals surface area (Å²) in [5.74, 6) is 0. The van der Waals surface area contributed by atoms with Crippen molar-refractivity contribution >= 4 is 0 Å². The summed E-state index contributed by atoms with van der Waals surface area (Å²) >= 11 is 0. The molecule has 0 bridgehead atoms. The van der Waals surface area contributed by atoms with Gasteiger partial charge in [0.15, 0.2) is 0 Å². The SMILES string of the molecule is [CH2-]CCOC. The first-order valence-electron chi connectivity index (χ1n) is 1.70. The van der Waals surface area contributed by atoms with Crippen LogP contribution in [0.5, 0.6) is 0 Å². The first-order valence-corrected chi connectivity index (χ1v) is 1.70. The van der Waals surface area contributed by atoms with Gasteiger partial charge in [0.25, 0.3) is 0 Å². The van der Waals surface area contributed by atoms with Crippen LogP contribution in [0.4, 0.5) is 0 Å². The fraction of sp³-hybridized carbons (Fsp3) is 0.750. The van der Waals surface area contributed by atoms with E-state index in [4.69, 9.17) is 0 Å². The maximum atomic E-state index is 4.63. The van der Waals surface area contributed by atoms with Gasteiger partial charge in [-0.3, -0.25) is 0 Å². The molecule has 0 unspecified atom stereocenters. The van der Waals surface area contributed by atoms with Gasteiger partial charge in [-0.05, 0) is 0 Å². The molecule has 0 aliphatic heterocycles. The summed E-state index contributed by atoms with van der Waals surface area (Å²) in [7, 11) is 1.67. The van der Waals surface area contributed by atoms with Gasteiger partial charge in [-0.1, -0.05) is 0 Å². The molecule has 32 valence electrons. The highest BCUT2D eigenvalue weighted by Gasteiger charge is 1.59. The van der Waals surface area contributed by atoms with Gasteiger partial charge in [0.2, 0.25) is 0 Å². The molecule has 0 aromatic rings. The van der Waals surface area contributed by atoms with Crippen LogP contribution in [0.3, 0.4) is 0 Å². The van der Waals surface area contributed by atoms with Crippen LogP contribution in [0.25, 0.3) is 0 Å². The van der Waals surface area contributed by atoms with Crippen molar-refractivity contribution in [2.75, 3.05) is 13.7 Å². The summed E-state index contributed by atoms with van der Waals surface area (Å²) in [6, 6.07) is 0. The molecule has 0 atom stereocenters. The Bertz CT molecular complexity index is 11.1. The molecule has 0 heterocycles. The van der Waals surface area contributed by atoms with Crippen LogP contribution < -0.4 is 0 Å². The number of ether oxygens (including phenoxy) is 1. The average Bonchev–Trinajstić information content (AvgIpc) is 1.41. The molecular formula is C4H9O-. The Balaban J connectivity index is 2.19. The zero-order chi connectivity index (χ0) is 4.12. The van der Waals surface area contributed by atoms with Crippen LogP contribution in [-0.2, 0) is 4.74 Å². The van der Waals surface area contributed by atoms with E-state index in [0.29, 0.717) is 0 Å². The van der Waals surface area contributed by atoms with Gasteiger partial charge >= 0.3 is 0 Å². The summed E-state index contributed by atoms with van der Waals surface area (Å²) in [5, 5.41) is 0. The standard InChI is InChI=1S/C4H9O/c1-3-4-5-2/h1,3-4H2,2H3/q-1. The zero-order valence-corrected chi connectivity index (χ0v) is 3.53. The van der Waals surface area contributed by atoms with Gasteiger partial charge in [-0.2, -0.15) is 6.42 Å². The predicted molar refractivity (Wildman–Crippen MR) is 21.8 cm³/mol. The minimum Gasteiger partial charge on any atom is -0.387 e. The smallest absolute Gasteiger partial charge is 0.0353 e. The number of hydrogen-bond acceptors (Lipinski definition) is 1. The lowest BCUT2D eigenvalue weighted by molar-refractivity contribution is 0.204. The molecule has 0 aliphatic carbocycles. The van der Waals surface area contributed by atoms with E-state index in [-0.39, 0.29) is 0 Å². The quantitative estimate of drug-likeness (QED) is 0.440. The van der Waals surface area contributed by atoms with Crippen LogP contribution in [-0.4, -0.2) is 13.7 Å². The van der Waals surface area contributed by atoms with E-state index >= 15 is 0 Å². The van der Waals surface area contributed by atoms with Gasteiger partial charge in [0.1, 0.15) is 0 Å². The van der Waals surface area contributed by atoms with Crippen molar-refractivity contribution in [3.05, 3.63) is 6.92 Å². The second-order valence-corrected chi connectivity index (χ2v) is 0.846. The summed E-state index contributed by atoms with van der Waals surface area (Å²) in [6.45, 7) is 4.33. The first kappa shape index (κ1) is 4.96. The maximum absolute atomic E-state index is 4.63. The second-order valence-electron chi connectivity index (χ2n) is 0.846. The highest BCUT2D eigenvalue weighted by atomic mass is 16.5. The zero-order valence-electron chi connectivity index (χ0n) is 3.53. The number of hydrogen-bond donors (Lipinski definition) is 0. The molecule has 0 fully saturated rings. The summed E-state index contributed by atoms with van der Waals surface area (Å²) in [5.41, 5.74) is 0. The van der Waals surface area contributed by atoms with E-state index in [1.165, 1.54) is 0 Å². The molecule has 1 heteroatoms. The lowest BCUT2D eigenvalue weighted by atomic mass is 10.5. The Morgan fingerprint density at radius 1 is 1.80 bits per heavy atom. The summed E-state index contributed by atoms with van der Waals surface area (Å²) in [6.07, 6.45) is 0.872. The average molecular weight is 73.1 g/mol. The molecule has 0 aromatic heterocycles. The minimum atomic E-state index is 0.778. The Labute approximate surface area is 32.9 Å². The molecule has 0 saturated carbocycles. The summed E-state index contributed by atoms with van der Waals surface area (Å²) < 4.78 is 4.63. The maximum Gasteiger partial charge on any atom is 0.0353 e. The molecule has 5 heavy (non-hydrogen) atoms. The molecule has 0 saturated heterocycles. The van der Waals surface area contributed by atoms with Crippen LogP contribution >= 0.6 is 0 Å².